The minimum absolute atomic E-state index is 0.268. The van der Waals surface area contributed by atoms with Gasteiger partial charge in [0, 0.05) is 23.9 Å². The molecule has 0 aliphatic rings. The predicted octanol–water partition coefficient (Wildman–Crippen LogP) is 2.99. The van der Waals surface area contributed by atoms with Crippen LogP contribution in [-0.2, 0) is 13.1 Å². The molecule has 7 heteroatoms. The normalized spacial score (nSPS) is 10.7. The lowest BCUT2D eigenvalue weighted by molar-refractivity contribution is 0.568. The fourth-order valence-electron chi connectivity index (χ4n) is 2.27. The van der Waals surface area contributed by atoms with Crippen molar-refractivity contribution in [3.05, 3.63) is 71.1 Å². The smallest absolute Gasteiger partial charge is 0.193 e. The Morgan fingerprint density at radius 3 is 2.48 bits per heavy atom. The van der Waals surface area contributed by atoms with Crippen LogP contribution in [0.2, 0.25) is 0 Å². The topological polar surface area (TPSA) is 57.7 Å². The van der Waals surface area contributed by atoms with Crippen LogP contribution in [0.15, 0.2) is 42.5 Å². The highest BCUT2D eigenvalue weighted by Gasteiger charge is 2.14. The lowest BCUT2D eigenvalue weighted by Gasteiger charge is -2.24. The number of aromatic nitrogens is 4. The van der Waals surface area contributed by atoms with E-state index in [0.717, 1.165) is 17.3 Å². The Morgan fingerprint density at radius 1 is 1.04 bits per heavy atom. The van der Waals surface area contributed by atoms with Crippen molar-refractivity contribution in [1.82, 2.24) is 20.6 Å². The molecular weight excluding hydrogens is 300 g/mol. The van der Waals surface area contributed by atoms with Crippen LogP contribution in [0.3, 0.4) is 0 Å². The summed E-state index contributed by atoms with van der Waals surface area (Å²) in [5.41, 5.74) is 2.42. The molecule has 1 aromatic heterocycles. The number of H-pyrrole nitrogens is 1. The van der Waals surface area contributed by atoms with Crippen LogP contribution < -0.4 is 4.90 Å². The van der Waals surface area contributed by atoms with E-state index < -0.39 is 11.6 Å². The Balaban J connectivity index is 1.89. The van der Waals surface area contributed by atoms with Crippen molar-refractivity contribution >= 4 is 5.69 Å². The van der Waals surface area contributed by atoms with Gasteiger partial charge in [0.1, 0.15) is 11.6 Å². The molecule has 0 aliphatic carbocycles. The molecule has 1 heterocycles. The van der Waals surface area contributed by atoms with E-state index in [9.17, 15) is 8.78 Å². The third-order valence-electron chi connectivity index (χ3n) is 3.50. The molecule has 0 saturated heterocycles. The molecule has 0 atom stereocenters. The number of rotatable bonds is 5. The Morgan fingerprint density at radius 2 is 1.83 bits per heavy atom. The number of nitrogens with one attached hydrogen (secondary N) is 1. The van der Waals surface area contributed by atoms with Gasteiger partial charge in [-0.1, -0.05) is 29.0 Å². The van der Waals surface area contributed by atoms with Crippen molar-refractivity contribution < 1.29 is 8.78 Å². The van der Waals surface area contributed by atoms with E-state index in [0.29, 0.717) is 17.9 Å². The summed E-state index contributed by atoms with van der Waals surface area (Å²) in [4.78, 5) is 1.90. The molecular formula is C16H15F2N5. The minimum Gasteiger partial charge on any atom is -0.359 e. The molecule has 0 saturated carbocycles. The highest BCUT2D eigenvalue weighted by Crippen LogP contribution is 2.21. The first-order chi connectivity index (χ1) is 11.1. The molecule has 0 bridgehead atoms. The zero-order valence-electron chi connectivity index (χ0n) is 12.5. The van der Waals surface area contributed by atoms with Crippen molar-refractivity contribution in [2.45, 2.75) is 20.0 Å². The van der Waals surface area contributed by atoms with E-state index in [1.165, 1.54) is 12.1 Å². The molecule has 0 amide bonds. The first-order valence-corrected chi connectivity index (χ1v) is 7.09. The Hall–Kier alpha value is -2.83. The van der Waals surface area contributed by atoms with Gasteiger partial charge >= 0.3 is 0 Å². The van der Waals surface area contributed by atoms with Crippen LogP contribution in [0, 0.1) is 18.6 Å². The first kappa shape index (κ1) is 15.1. The zero-order valence-corrected chi connectivity index (χ0v) is 12.5. The van der Waals surface area contributed by atoms with Crippen LogP contribution >= 0.6 is 0 Å². The molecule has 23 heavy (non-hydrogen) atoms. The van der Waals surface area contributed by atoms with Gasteiger partial charge in [0.15, 0.2) is 5.82 Å². The number of hydrogen-bond donors (Lipinski definition) is 1. The number of halogens is 2. The lowest BCUT2D eigenvalue weighted by Crippen LogP contribution is -2.23. The molecule has 0 fully saturated rings. The maximum absolute atomic E-state index is 14.0. The number of anilines is 1. The number of hydrogen-bond acceptors (Lipinski definition) is 4. The highest BCUT2D eigenvalue weighted by molar-refractivity contribution is 5.48. The Bertz CT molecular complexity index is 772. The first-order valence-electron chi connectivity index (χ1n) is 7.09. The fraction of sp³-hybridized carbons (Fsp3) is 0.188. The minimum atomic E-state index is -0.591. The SMILES string of the molecule is Cc1ccc(N(Cc2nn[nH]n2)Cc2ccc(F)cc2F)cc1. The van der Waals surface area contributed by atoms with E-state index in [-0.39, 0.29) is 6.54 Å². The van der Waals surface area contributed by atoms with Gasteiger partial charge < -0.3 is 4.90 Å². The summed E-state index contributed by atoms with van der Waals surface area (Å²) in [5, 5.41) is 13.8. The maximum Gasteiger partial charge on any atom is 0.193 e. The molecule has 1 N–H and O–H groups in total. The van der Waals surface area contributed by atoms with Crippen molar-refractivity contribution in [2.75, 3.05) is 4.90 Å². The number of tetrazole rings is 1. The number of aryl methyl sites for hydroxylation is 1. The summed E-state index contributed by atoms with van der Waals surface area (Å²) < 4.78 is 27.0. The second-order valence-electron chi connectivity index (χ2n) is 5.26. The van der Waals surface area contributed by atoms with E-state index in [1.807, 2.05) is 36.1 Å². The van der Waals surface area contributed by atoms with Gasteiger partial charge in [-0.05, 0) is 25.1 Å². The third kappa shape index (κ3) is 3.68. The molecule has 3 rings (SSSR count). The molecule has 0 unspecified atom stereocenters. The van der Waals surface area contributed by atoms with Gasteiger partial charge in [0.2, 0.25) is 0 Å². The summed E-state index contributed by atoms with van der Waals surface area (Å²) in [5.74, 6) is -0.672. The number of aromatic amines is 1. The zero-order chi connectivity index (χ0) is 16.2. The summed E-state index contributed by atoms with van der Waals surface area (Å²) in [6.45, 7) is 2.62. The average molecular weight is 315 g/mol. The van der Waals surface area contributed by atoms with Crippen LogP contribution in [0.25, 0.3) is 0 Å². The summed E-state index contributed by atoms with van der Waals surface area (Å²) in [6.07, 6.45) is 0. The molecule has 0 aliphatic heterocycles. The Kier molecular flexibility index (Phi) is 4.27. The molecule has 3 aromatic rings. The van der Waals surface area contributed by atoms with Crippen LogP contribution in [-0.4, -0.2) is 20.6 Å². The van der Waals surface area contributed by atoms with Crippen LogP contribution in [0.5, 0.6) is 0 Å². The predicted molar refractivity (Wildman–Crippen MR) is 81.6 cm³/mol. The average Bonchev–Trinajstić information content (AvgIpc) is 3.03. The van der Waals surface area contributed by atoms with Crippen molar-refractivity contribution in [1.29, 1.82) is 0 Å². The van der Waals surface area contributed by atoms with Gasteiger partial charge in [-0.3, -0.25) is 0 Å². The monoisotopic (exact) mass is 315 g/mol. The second-order valence-corrected chi connectivity index (χ2v) is 5.26. The standard InChI is InChI=1S/C16H15F2N5/c1-11-2-6-14(7-3-11)23(10-16-19-21-22-20-16)9-12-4-5-13(17)8-15(12)18/h2-8H,9-10H2,1H3,(H,19,20,21,22). The molecule has 2 aromatic carbocycles. The van der Waals surface area contributed by atoms with Crippen LogP contribution in [0.4, 0.5) is 14.5 Å². The van der Waals surface area contributed by atoms with E-state index in [1.54, 1.807) is 0 Å². The fourth-order valence-corrected chi connectivity index (χ4v) is 2.27. The summed E-state index contributed by atoms with van der Waals surface area (Å²) in [6, 6.07) is 11.4. The molecule has 0 radical (unpaired) electrons. The number of benzene rings is 2. The van der Waals surface area contributed by atoms with E-state index >= 15 is 0 Å². The highest BCUT2D eigenvalue weighted by atomic mass is 19.1. The Labute approximate surface area is 132 Å². The maximum atomic E-state index is 14.0. The number of nitrogens with zero attached hydrogens (tertiary/aromatic N) is 4. The lowest BCUT2D eigenvalue weighted by atomic mass is 10.1. The molecule has 5 nitrogen and oxygen atoms in total. The van der Waals surface area contributed by atoms with Crippen molar-refractivity contribution in [3.8, 4) is 0 Å². The largest absolute Gasteiger partial charge is 0.359 e. The third-order valence-corrected chi connectivity index (χ3v) is 3.50. The second kappa shape index (κ2) is 6.51. The quantitative estimate of drug-likeness (QED) is 0.786. The van der Waals surface area contributed by atoms with Crippen LogP contribution in [0.1, 0.15) is 17.0 Å². The van der Waals surface area contributed by atoms with E-state index in [2.05, 4.69) is 20.6 Å². The van der Waals surface area contributed by atoms with Gasteiger partial charge in [-0.15, -0.1) is 10.2 Å². The molecule has 0 spiro atoms. The van der Waals surface area contributed by atoms with Crippen molar-refractivity contribution in [3.63, 3.8) is 0 Å². The van der Waals surface area contributed by atoms with Crippen molar-refractivity contribution in [2.24, 2.45) is 0 Å². The van der Waals surface area contributed by atoms with E-state index in [4.69, 9.17) is 0 Å². The van der Waals surface area contributed by atoms with Gasteiger partial charge in [0.25, 0.3) is 0 Å². The summed E-state index contributed by atoms with van der Waals surface area (Å²) in [7, 11) is 0. The summed E-state index contributed by atoms with van der Waals surface area (Å²) >= 11 is 0. The molecule has 118 valence electrons. The van der Waals surface area contributed by atoms with Gasteiger partial charge in [0.05, 0.1) is 6.54 Å². The van der Waals surface area contributed by atoms with Gasteiger partial charge in [-0.2, -0.15) is 5.21 Å². The van der Waals surface area contributed by atoms with Gasteiger partial charge in [-0.25, -0.2) is 8.78 Å².